The average molecular weight is 193 g/mol. The minimum absolute atomic E-state index is 0.0723. The van der Waals surface area contributed by atoms with Crippen LogP contribution in [0.4, 0.5) is 0 Å². The van der Waals surface area contributed by atoms with Gasteiger partial charge in [0, 0.05) is 24.6 Å². The molecule has 0 saturated heterocycles. The van der Waals surface area contributed by atoms with E-state index < -0.39 is 0 Å². The second kappa shape index (κ2) is 4.74. The normalized spacial score (nSPS) is 12.2. The quantitative estimate of drug-likeness (QED) is 0.735. The van der Waals surface area contributed by atoms with Crippen LogP contribution < -0.4 is 4.74 Å². The lowest BCUT2D eigenvalue weighted by molar-refractivity contribution is -0.119. The molecule has 0 aliphatic heterocycles. The van der Waals surface area contributed by atoms with Crippen LogP contribution in [0.2, 0.25) is 0 Å². The Bertz CT molecular complexity index is 323. The van der Waals surface area contributed by atoms with Crippen molar-refractivity contribution in [2.75, 3.05) is 7.11 Å². The molecule has 1 unspecified atom stereocenters. The number of aromatic nitrogens is 1. The molecule has 0 N–H and O–H groups in total. The largest absolute Gasteiger partial charge is 0.481 e. The van der Waals surface area contributed by atoms with Gasteiger partial charge in [-0.15, -0.1) is 0 Å². The van der Waals surface area contributed by atoms with E-state index in [2.05, 4.69) is 4.98 Å². The first-order valence-corrected chi connectivity index (χ1v) is 4.71. The summed E-state index contributed by atoms with van der Waals surface area (Å²) in [5, 5.41) is 0. The molecule has 0 fully saturated rings. The highest BCUT2D eigenvalue weighted by Gasteiger charge is 2.13. The number of rotatable bonds is 4. The van der Waals surface area contributed by atoms with Gasteiger partial charge in [0.05, 0.1) is 7.11 Å². The van der Waals surface area contributed by atoms with Crippen molar-refractivity contribution in [3.8, 4) is 5.88 Å². The Kier molecular flexibility index (Phi) is 3.63. The lowest BCUT2D eigenvalue weighted by Gasteiger charge is -2.09. The van der Waals surface area contributed by atoms with Crippen LogP contribution in [0.25, 0.3) is 0 Å². The van der Waals surface area contributed by atoms with Gasteiger partial charge in [-0.25, -0.2) is 4.98 Å². The zero-order chi connectivity index (χ0) is 10.6. The lowest BCUT2D eigenvalue weighted by atomic mass is 9.96. The van der Waals surface area contributed by atoms with E-state index >= 15 is 0 Å². The van der Waals surface area contributed by atoms with Crippen molar-refractivity contribution < 1.29 is 9.53 Å². The van der Waals surface area contributed by atoms with Gasteiger partial charge in [-0.05, 0) is 11.6 Å². The Labute approximate surface area is 84.1 Å². The molecule has 0 saturated carbocycles. The second-order valence-electron chi connectivity index (χ2n) is 3.17. The topological polar surface area (TPSA) is 39.2 Å². The predicted octanol–water partition coefficient (Wildman–Crippen LogP) is 2.17. The number of Topliss-reactive ketones (excluding diaryl/α,β-unsaturated/α-hetero) is 1. The number of ketones is 1. The SMILES string of the molecule is CCC(=O)C(C)c1ccnc(OC)c1. The van der Waals surface area contributed by atoms with Crippen molar-refractivity contribution in [3.05, 3.63) is 23.9 Å². The van der Waals surface area contributed by atoms with E-state index in [1.165, 1.54) is 0 Å². The van der Waals surface area contributed by atoms with Crippen LogP contribution in [-0.4, -0.2) is 17.9 Å². The first-order valence-electron chi connectivity index (χ1n) is 4.71. The third-order valence-corrected chi connectivity index (χ3v) is 2.30. The summed E-state index contributed by atoms with van der Waals surface area (Å²) in [7, 11) is 1.57. The van der Waals surface area contributed by atoms with E-state index in [4.69, 9.17) is 4.74 Å². The van der Waals surface area contributed by atoms with Crippen molar-refractivity contribution in [1.29, 1.82) is 0 Å². The second-order valence-corrected chi connectivity index (χ2v) is 3.17. The zero-order valence-corrected chi connectivity index (χ0v) is 8.78. The zero-order valence-electron chi connectivity index (χ0n) is 8.78. The molecule has 3 nitrogen and oxygen atoms in total. The maximum absolute atomic E-state index is 11.5. The highest BCUT2D eigenvalue weighted by molar-refractivity contribution is 5.85. The first-order chi connectivity index (χ1) is 6.69. The van der Waals surface area contributed by atoms with Crippen molar-refractivity contribution in [1.82, 2.24) is 4.98 Å². The standard InChI is InChI=1S/C11H15NO2/c1-4-10(13)8(2)9-5-6-12-11(7-9)14-3/h5-8H,4H2,1-3H3. The molecule has 0 bridgehead atoms. The summed E-state index contributed by atoms with van der Waals surface area (Å²) < 4.78 is 5.00. The molecular weight excluding hydrogens is 178 g/mol. The molecule has 0 aromatic carbocycles. The Balaban J connectivity index is 2.89. The van der Waals surface area contributed by atoms with E-state index in [-0.39, 0.29) is 11.7 Å². The number of pyridine rings is 1. The number of hydrogen-bond donors (Lipinski definition) is 0. The van der Waals surface area contributed by atoms with Crippen LogP contribution in [0.5, 0.6) is 5.88 Å². The Morgan fingerprint density at radius 2 is 2.36 bits per heavy atom. The molecule has 0 amide bonds. The molecule has 76 valence electrons. The fourth-order valence-electron chi connectivity index (χ4n) is 1.30. The average Bonchev–Trinajstić information content (AvgIpc) is 2.27. The molecule has 1 aromatic heterocycles. The van der Waals surface area contributed by atoms with Gasteiger partial charge >= 0.3 is 0 Å². The molecule has 1 rings (SSSR count). The monoisotopic (exact) mass is 193 g/mol. The lowest BCUT2D eigenvalue weighted by Crippen LogP contribution is -2.07. The van der Waals surface area contributed by atoms with Crippen molar-refractivity contribution in [2.45, 2.75) is 26.2 Å². The van der Waals surface area contributed by atoms with Gasteiger partial charge in [0.25, 0.3) is 0 Å². The van der Waals surface area contributed by atoms with Gasteiger partial charge in [0.2, 0.25) is 5.88 Å². The predicted molar refractivity (Wildman–Crippen MR) is 54.5 cm³/mol. The minimum Gasteiger partial charge on any atom is -0.481 e. The van der Waals surface area contributed by atoms with Gasteiger partial charge in [-0.1, -0.05) is 13.8 Å². The van der Waals surface area contributed by atoms with Crippen molar-refractivity contribution in [3.63, 3.8) is 0 Å². The molecular formula is C11H15NO2. The fraction of sp³-hybridized carbons (Fsp3) is 0.455. The van der Waals surface area contributed by atoms with Gasteiger partial charge in [-0.2, -0.15) is 0 Å². The number of nitrogens with zero attached hydrogens (tertiary/aromatic N) is 1. The molecule has 3 heteroatoms. The van der Waals surface area contributed by atoms with Crippen LogP contribution in [0.3, 0.4) is 0 Å². The van der Waals surface area contributed by atoms with Crippen molar-refractivity contribution >= 4 is 5.78 Å². The summed E-state index contributed by atoms with van der Waals surface area (Å²) >= 11 is 0. The molecule has 0 aliphatic carbocycles. The molecule has 0 radical (unpaired) electrons. The summed E-state index contributed by atoms with van der Waals surface area (Å²) in [4.78, 5) is 15.4. The summed E-state index contributed by atoms with van der Waals surface area (Å²) in [6, 6.07) is 3.65. The van der Waals surface area contributed by atoms with E-state index in [0.29, 0.717) is 12.3 Å². The number of carbonyl (C=O) groups excluding carboxylic acids is 1. The minimum atomic E-state index is -0.0723. The maximum Gasteiger partial charge on any atom is 0.213 e. The third kappa shape index (κ3) is 2.31. The summed E-state index contributed by atoms with van der Waals surface area (Å²) in [5.41, 5.74) is 0.962. The number of hydrogen-bond acceptors (Lipinski definition) is 3. The number of methoxy groups -OCH3 is 1. The Morgan fingerprint density at radius 3 is 2.93 bits per heavy atom. The molecule has 1 atom stereocenters. The van der Waals surface area contributed by atoms with Crippen LogP contribution >= 0.6 is 0 Å². The third-order valence-electron chi connectivity index (χ3n) is 2.30. The van der Waals surface area contributed by atoms with E-state index in [1.54, 1.807) is 19.4 Å². The number of carbonyl (C=O) groups is 1. The highest BCUT2D eigenvalue weighted by Crippen LogP contribution is 2.20. The molecule has 1 aromatic rings. The van der Waals surface area contributed by atoms with Gasteiger partial charge in [0.1, 0.15) is 5.78 Å². The first kappa shape index (κ1) is 10.7. The van der Waals surface area contributed by atoms with Gasteiger partial charge in [-0.3, -0.25) is 4.79 Å². The molecule has 1 heterocycles. The summed E-state index contributed by atoms with van der Waals surface area (Å²) in [5.74, 6) is 0.716. The van der Waals surface area contributed by atoms with Gasteiger partial charge in [0.15, 0.2) is 0 Å². The van der Waals surface area contributed by atoms with Crippen LogP contribution in [0.1, 0.15) is 31.7 Å². The van der Waals surface area contributed by atoms with Crippen LogP contribution in [0, 0.1) is 0 Å². The maximum atomic E-state index is 11.5. The van der Waals surface area contributed by atoms with E-state index in [0.717, 1.165) is 5.56 Å². The summed E-state index contributed by atoms with van der Waals surface area (Å²) in [6.45, 7) is 3.78. The molecule has 14 heavy (non-hydrogen) atoms. The summed E-state index contributed by atoms with van der Waals surface area (Å²) in [6.07, 6.45) is 2.22. The van der Waals surface area contributed by atoms with Crippen LogP contribution in [-0.2, 0) is 4.79 Å². The highest BCUT2D eigenvalue weighted by atomic mass is 16.5. The number of ether oxygens (including phenoxy) is 1. The van der Waals surface area contributed by atoms with Crippen LogP contribution in [0.15, 0.2) is 18.3 Å². The molecule has 0 aliphatic rings. The van der Waals surface area contributed by atoms with E-state index in [9.17, 15) is 4.79 Å². The Morgan fingerprint density at radius 1 is 1.64 bits per heavy atom. The van der Waals surface area contributed by atoms with Gasteiger partial charge < -0.3 is 4.74 Å². The van der Waals surface area contributed by atoms with Crippen molar-refractivity contribution in [2.24, 2.45) is 0 Å². The van der Waals surface area contributed by atoms with E-state index in [1.807, 2.05) is 19.9 Å². The fourth-order valence-corrected chi connectivity index (χ4v) is 1.30. The Hall–Kier alpha value is -1.38. The smallest absolute Gasteiger partial charge is 0.213 e. The molecule has 0 spiro atoms.